The summed E-state index contributed by atoms with van der Waals surface area (Å²) in [7, 11) is 1.58. The van der Waals surface area contributed by atoms with Crippen molar-refractivity contribution in [3.05, 3.63) is 82.8 Å². The molecule has 4 aromatic rings. The monoisotopic (exact) mass is 449 g/mol. The van der Waals surface area contributed by atoms with Gasteiger partial charge in [-0.15, -0.1) is 0 Å². The highest BCUT2D eigenvalue weighted by atomic mass is 35.5. The van der Waals surface area contributed by atoms with E-state index in [1.165, 1.54) is 0 Å². The van der Waals surface area contributed by atoms with E-state index in [2.05, 4.69) is 20.7 Å². The number of nitrogens with zero attached hydrogens (tertiary/aromatic N) is 3. The standard InChI is InChI=1S/C24H24ClN5O2/c1-3-30-21-8-7-18(24(31)28-14-17-5-4-10-26-12-17)23(19(21)15-29-30)27-13-16-6-9-22(32-2)20(25)11-16/h4-12,15,27H,3,13-14H2,1-2H3,(H,28,31). The Hall–Kier alpha value is -3.58. The third kappa shape index (κ3) is 4.53. The summed E-state index contributed by atoms with van der Waals surface area (Å²) in [6.07, 6.45) is 5.24. The van der Waals surface area contributed by atoms with Gasteiger partial charge in [-0.3, -0.25) is 14.5 Å². The highest BCUT2D eigenvalue weighted by Gasteiger charge is 2.17. The first kappa shape index (κ1) is 21.6. The molecule has 8 heteroatoms. The topological polar surface area (TPSA) is 81.1 Å². The van der Waals surface area contributed by atoms with Crippen LogP contribution in [-0.2, 0) is 19.6 Å². The Bertz CT molecular complexity index is 1240. The molecule has 0 fully saturated rings. The van der Waals surface area contributed by atoms with Crippen molar-refractivity contribution in [2.75, 3.05) is 12.4 Å². The number of ether oxygens (including phenoxy) is 1. The molecule has 2 heterocycles. The highest BCUT2D eigenvalue weighted by molar-refractivity contribution is 6.32. The molecule has 0 unspecified atom stereocenters. The summed E-state index contributed by atoms with van der Waals surface area (Å²) in [5.41, 5.74) is 4.15. The number of aromatic nitrogens is 3. The number of hydrogen-bond donors (Lipinski definition) is 2. The van der Waals surface area contributed by atoms with E-state index in [9.17, 15) is 4.79 Å². The summed E-state index contributed by atoms with van der Waals surface area (Å²) < 4.78 is 7.13. The molecular weight excluding hydrogens is 426 g/mol. The molecule has 2 N–H and O–H groups in total. The van der Waals surface area contributed by atoms with Crippen molar-refractivity contribution in [2.45, 2.75) is 26.6 Å². The first-order valence-corrected chi connectivity index (χ1v) is 10.7. The molecule has 1 amide bonds. The third-order valence-corrected chi connectivity index (χ3v) is 5.53. The van der Waals surface area contributed by atoms with Crippen molar-refractivity contribution in [1.29, 1.82) is 0 Å². The number of pyridine rings is 1. The average Bonchev–Trinajstić information content (AvgIpc) is 3.25. The molecule has 32 heavy (non-hydrogen) atoms. The number of amides is 1. The lowest BCUT2D eigenvalue weighted by Crippen LogP contribution is -2.24. The van der Waals surface area contributed by atoms with Crippen LogP contribution < -0.4 is 15.4 Å². The van der Waals surface area contributed by atoms with Crippen molar-refractivity contribution in [3.63, 3.8) is 0 Å². The molecule has 2 aromatic heterocycles. The number of hydrogen-bond acceptors (Lipinski definition) is 5. The van der Waals surface area contributed by atoms with Crippen molar-refractivity contribution >= 4 is 34.1 Å². The van der Waals surface area contributed by atoms with Crippen LogP contribution in [0.2, 0.25) is 5.02 Å². The minimum absolute atomic E-state index is 0.171. The summed E-state index contributed by atoms with van der Waals surface area (Å²) in [5.74, 6) is 0.451. The third-order valence-electron chi connectivity index (χ3n) is 5.23. The number of nitrogens with one attached hydrogen (secondary N) is 2. The van der Waals surface area contributed by atoms with Gasteiger partial charge >= 0.3 is 0 Å². The Morgan fingerprint density at radius 1 is 1.12 bits per heavy atom. The van der Waals surface area contributed by atoms with Gasteiger partial charge in [0.05, 0.1) is 35.1 Å². The Morgan fingerprint density at radius 3 is 2.72 bits per heavy atom. The number of halogens is 1. The minimum atomic E-state index is -0.171. The van der Waals surface area contributed by atoms with Crippen LogP contribution in [0.25, 0.3) is 10.9 Å². The van der Waals surface area contributed by atoms with E-state index in [4.69, 9.17) is 16.3 Å². The smallest absolute Gasteiger partial charge is 0.253 e. The number of benzene rings is 2. The minimum Gasteiger partial charge on any atom is -0.495 e. The second kappa shape index (κ2) is 9.70. The van der Waals surface area contributed by atoms with Crippen LogP contribution in [0, 0.1) is 0 Å². The largest absolute Gasteiger partial charge is 0.495 e. The molecule has 2 aromatic carbocycles. The SMILES string of the molecule is CCn1ncc2c(NCc3ccc(OC)c(Cl)c3)c(C(=O)NCc3cccnc3)ccc21. The van der Waals surface area contributed by atoms with Gasteiger partial charge in [0.1, 0.15) is 5.75 Å². The molecule has 0 bridgehead atoms. The molecule has 164 valence electrons. The van der Waals surface area contributed by atoms with Crippen LogP contribution >= 0.6 is 11.6 Å². The molecule has 0 saturated heterocycles. The molecule has 0 aliphatic heterocycles. The molecule has 0 saturated carbocycles. The van der Waals surface area contributed by atoms with Gasteiger partial charge in [-0.25, -0.2) is 0 Å². The van der Waals surface area contributed by atoms with Crippen LogP contribution in [0.15, 0.2) is 61.1 Å². The molecular formula is C24H24ClN5O2. The number of methoxy groups -OCH3 is 1. The van der Waals surface area contributed by atoms with Crippen LogP contribution in [0.4, 0.5) is 5.69 Å². The molecule has 0 aliphatic rings. The second-order valence-electron chi connectivity index (χ2n) is 7.25. The van der Waals surface area contributed by atoms with Crippen molar-refractivity contribution in [1.82, 2.24) is 20.1 Å². The lowest BCUT2D eigenvalue weighted by Gasteiger charge is -2.15. The number of fused-ring (bicyclic) bond motifs is 1. The first-order chi connectivity index (χ1) is 15.6. The molecule has 0 radical (unpaired) electrons. The second-order valence-corrected chi connectivity index (χ2v) is 7.65. The van der Waals surface area contributed by atoms with E-state index >= 15 is 0 Å². The zero-order valence-electron chi connectivity index (χ0n) is 17.9. The van der Waals surface area contributed by atoms with Gasteiger partial charge in [0.25, 0.3) is 5.91 Å². The Balaban J connectivity index is 1.62. The number of rotatable bonds is 8. The zero-order valence-corrected chi connectivity index (χ0v) is 18.7. The zero-order chi connectivity index (χ0) is 22.5. The maximum atomic E-state index is 13.1. The lowest BCUT2D eigenvalue weighted by atomic mass is 10.1. The maximum absolute atomic E-state index is 13.1. The van der Waals surface area contributed by atoms with Gasteiger partial charge in [0.2, 0.25) is 0 Å². The van der Waals surface area contributed by atoms with Crippen molar-refractivity contribution in [2.24, 2.45) is 0 Å². The van der Waals surface area contributed by atoms with Gasteiger partial charge in [-0.1, -0.05) is 23.7 Å². The molecule has 7 nitrogen and oxygen atoms in total. The highest BCUT2D eigenvalue weighted by Crippen LogP contribution is 2.30. The summed E-state index contributed by atoms with van der Waals surface area (Å²) in [4.78, 5) is 17.2. The number of aryl methyl sites for hydroxylation is 1. The maximum Gasteiger partial charge on any atom is 0.253 e. The van der Waals surface area contributed by atoms with E-state index in [0.29, 0.717) is 29.4 Å². The van der Waals surface area contributed by atoms with E-state index < -0.39 is 0 Å². The number of anilines is 1. The first-order valence-electron chi connectivity index (χ1n) is 10.3. The fourth-order valence-corrected chi connectivity index (χ4v) is 3.86. The lowest BCUT2D eigenvalue weighted by molar-refractivity contribution is 0.0951. The van der Waals surface area contributed by atoms with Crippen LogP contribution in [0.1, 0.15) is 28.4 Å². The predicted octanol–water partition coefficient (Wildman–Crippen LogP) is 4.66. The van der Waals surface area contributed by atoms with Crippen LogP contribution in [0.5, 0.6) is 5.75 Å². The van der Waals surface area contributed by atoms with Crippen molar-refractivity contribution in [3.8, 4) is 5.75 Å². The van der Waals surface area contributed by atoms with E-state index in [-0.39, 0.29) is 5.91 Å². The van der Waals surface area contributed by atoms with Crippen LogP contribution in [0.3, 0.4) is 0 Å². The van der Waals surface area contributed by atoms with E-state index in [1.54, 1.807) is 25.7 Å². The van der Waals surface area contributed by atoms with Crippen molar-refractivity contribution < 1.29 is 9.53 Å². The van der Waals surface area contributed by atoms with E-state index in [0.717, 1.165) is 34.3 Å². The predicted molar refractivity (Wildman–Crippen MR) is 126 cm³/mol. The molecule has 0 atom stereocenters. The average molecular weight is 450 g/mol. The molecule has 0 aliphatic carbocycles. The fourth-order valence-electron chi connectivity index (χ4n) is 3.58. The van der Waals surface area contributed by atoms with Gasteiger partial charge in [0, 0.05) is 37.4 Å². The van der Waals surface area contributed by atoms with Gasteiger partial charge in [0.15, 0.2) is 0 Å². The quantitative estimate of drug-likeness (QED) is 0.409. The number of carbonyl (C=O) groups excluding carboxylic acids is 1. The van der Waals surface area contributed by atoms with Crippen LogP contribution in [-0.4, -0.2) is 27.8 Å². The molecule has 0 spiro atoms. The summed E-state index contributed by atoms with van der Waals surface area (Å²) in [6.45, 7) is 3.66. The Kier molecular flexibility index (Phi) is 6.56. The van der Waals surface area contributed by atoms with Gasteiger partial charge in [-0.05, 0) is 48.4 Å². The summed E-state index contributed by atoms with van der Waals surface area (Å²) in [5, 5.41) is 12.3. The normalized spacial score (nSPS) is 10.8. The van der Waals surface area contributed by atoms with Gasteiger partial charge in [-0.2, -0.15) is 5.10 Å². The number of carbonyl (C=O) groups is 1. The Labute approximate surface area is 191 Å². The van der Waals surface area contributed by atoms with E-state index in [1.807, 2.05) is 54.1 Å². The summed E-state index contributed by atoms with van der Waals surface area (Å²) in [6, 6.07) is 13.2. The Morgan fingerprint density at radius 2 is 2.00 bits per heavy atom. The van der Waals surface area contributed by atoms with Gasteiger partial charge < -0.3 is 15.4 Å². The molecule has 4 rings (SSSR count). The summed E-state index contributed by atoms with van der Waals surface area (Å²) >= 11 is 6.27. The fraction of sp³-hybridized carbons (Fsp3) is 0.208.